The van der Waals surface area contributed by atoms with Crippen molar-refractivity contribution in [3.8, 4) is 11.3 Å². The molecule has 0 saturated heterocycles. The summed E-state index contributed by atoms with van der Waals surface area (Å²) in [5, 5.41) is 9.09. The van der Waals surface area contributed by atoms with Crippen LogP contribution in [0, 0.1) is 0 Å². The zero-order chi connectivity index (χ0) is 16.7. The summed E-state index contributed by atoms with van der Waals surface area (Å²) < 4.78 is 38.9. The van der Waals surface area contributed by atoms with E-state index < -0.39 is 29.0 Å². The highest BCUT2D eigenvalue weighted by Gasteiger charge is 2.37. The van der Waals surface area contributed by atoms with E-state index in [0.717, 1.165) is 6.20 Å². The van der Waals surface area contributed by atoms with Crippen molar-refractivity contribution < 1.29 is 23.1 Å². The van der Waals surface area contributed by atoms with Gasteiger partial charge in [-0.05, 0) is 18.2 Å². The van der Waals surface area contributed by atoms with E-state index in [0.29, 0.717) is 6.07 Å². The first-order chi connectivity index (χ1) is 10.1. The monoisotopic (exact) mass is 369 g/mol. The summed E-state index contributed by atoms with van der Waals surface area (Å²) in [5.41, 5.74) is -2.68. The Morgan fingerprint density at radius 1 is 1.14 bits per heavy atom. The molecule has 0 aliphatic heterocycles. The number of pyridine rings is 1. The lowest BCUT2D eigenvalue weighted by Gasteiger charge is -2.14. The number of alkyl halides is 3. The third-order valence-corrected chi connectivity index (χ3v) is 3.92. The van der Waals surface area contributed by atoms with E-state index in [4.69, 9.17) is 39.9 Å². The zero-order valence-corrected chi connectivity index (χ0v) is 12.6. The largest absolute Gasteiger partial charge is 0.478 e. The Labute approximate surface area is 137 Å². The molecule has 0 atom stereocenters. The number of carboxylic acids is 1. The molecular formula is C13H5Cl3F3NO2. The Morgan fingerprint density at radius 2 is 1.68 bits per heavy atom. The van der Waals surface area contributed by atoms with E-state index in [1.165, 1.54) is 12.1 Å². The van der Waals surface area contributed by atoms with Crippen molar-refractivity contribution in [2.45, 2.75) is 6.18 Å². The first-order valence-corrected chi connectivity index (χ1v) is 6.70. The predicted molar refractivity (Wildman–Crippen MR) is 76.7 cm³/mol. The Balaban J connectivity index is 2.79. The summed E-state index contributed by atoms with van der Waals surface area (Å²) in [4.78, 5) is 15.0. The van der Waals surface area contributed by atoms with Gasteiger partial charge in [0.2, 0.25) is 0 Å². The van der Waals surface area contributed by atoms with Crippen LogP contribution in [0.3, 0.4) is 0 Å². The van der Waals surface area contributed by atoms with Crippen LogP contribution in [0.25, 0.3) is 11.3 Å². The number of halogens is 6. The van der Waals surface area contributed by atoms with Crippen LogP contribution in [0.15, 0.2) is 24.4 Å². The molecule has 0 bridgehead atoms. The van der Waals surface area contributed by atoms with Crippen molar-refractivity contribution >= 4 is 40.8 Å². The first-order valence-electron chi connectivity index (χ1n) is 5.57. The lowest BCUT2D eigenvalue weighted by molar-refractivity contribution is -0.138. The van der Waals surface area contributed by atoms with Crippen LogP contribution in [-0.2, 0) is 6.18 Å². The second kappa shape index (κ2) is 5.95. The third-order valence-electron chi connectivity index (χ3n) is 2.73. The summed E-state index contributed by atoms with van der Waals surface area (Å²) in [6.45, 7) is 0. The Morgan fingerprint density at radius 3 is 2.14 bits per heavy atom. The second-order valence-electron chi connectivity index (χ2n) is 4.14. The minimum absolute atomic E-state index is 0.0101. The van der Waals surface area contributed by atoms with Crippen molar-refractivity contribution in [1.82, 2.24) is 4.98 Å². The smallest absolute Gasteiger partial charge is 0.417 e. The molecule has 1 aromatic carbocycles. The molecule has 2 aromatic rings. The topological polar surface area (TPSA) is 50.2 Å². The molecule has 0 saturated carbocycles. The molecule has 0 aliphatic carbocycles. The van der Waals surface area contributed by atoms with Gasteiger partial charge in [0.05, 0.1) is 31.9 Å². The fraction of sp³-hybridized carbons (Fsp3) is 0.0769. The minimum Gasteiger partial charge on any atom is -0.478 e. The van der Waals surface area contributed by atoms with E-state index in [1.54, 1.807) is 0 Å². The van der Waals surface area contributed by atoms with E-state index >= 15 is 0 Å². The molecule has 0 fully saturated rings. The van der Waals surface area contributed by atoms with E-state index in [2.05, 4.69) is 4.98 Å². The number of hydrogen-bond acceptors (Lipinski definition) is 2. The van der Waals surface area contributed by atoms with Gasteiger partial charge in [0, 0.05) is 11.8 Å². The second-order valence-corrected chi connectivity index (χ2v) is 5.33. The molecule has 9 heteroatoms. The number of hydrogen-bond donors (Lipinski definition) is 1. The van der Waals surface area contributed by atoms with Crippen molar-refractivity contribution in [1.29, 1.82) is 0 Å². The SMILES string of the molecule is O=C(O)c1c(C(F)(F)F)ccnc1-c1cc(Cl)c(Cl)c(Cl)c1. The van der Waals surface area contributed by atoms with Crippen LogP contribution in [0.2, 0.25) is 15.1 Å². The van der Waals surface area contributed by atoms with Gasteiger partial charge in [0.1, 0.15) is 0 Å². The van der Waals surface area contributed by atoms with Crippen LogP contribution in [0.4, 0.5) is 13.2 Å². The van der Waals surface area contributed by atoms with E-state index in [-0.39, 0.29) is 20.6 Å². The quantitative estimate of drug-likeness (QED) is 0.718. The first kappa shape index (κ1) is 16.9. The maximum atomic E-state index is 13.0. The van der Waals surface area contributed by atoms with Crippen LogP contribution in [0.1, 0.15) is 15.9 Å². The fourth-order valence-corrected chi connectivity index (χ4v) is 2.42. The summed E-state index contributed by atoms with van der Waals surface area (Å²) in [7, 11) is 0. The lowest BCUT2D eigenvalue weighted by atomic mass is 10.0. The van der Waals surface area contributed by atoms with Gasteiger partial charge in [-0.3, -0.25) is 4.98 Å². The number of aromatic nitrogens is 1. The summed E-state index contributed by atoms with van der Waals surface area (Å²) in [6, 6.07) is 2.99. The van der Waals surface area contributed by atoms with Gasteiger partial charge in [0.15, 0.2) is 0 Å². The Kier molecular flexibility index (Phi) is 4.56. The molecule has 0 unspecified atom stereocenters. The molecule has 3 nitrogen and oxygen atoms in total. The predicted octanol–water partition coefficient (Wildman–Crippen LogP) is 5.43. The summed E-state index contributed by atoms with van der Waals surface area (Å²) >= 11 is 17.4. The molecular weight excluding hydrogens is 366 g/mol. The molecule has 1 aromatic heterocycles. The molecule has 22 heavy (non-hydrogen) atoms. The number of carbonyl (C=O) groups is 1. The summed E-state index contributed by atoms with van der Waals surface area (Å²) in [5.74, 6) is -1.77. The highest BCUT2D eigenvalue weighted by molar-refractivity contribution is 6.48. The van der Waals surface area contributed by atoms with Gasteiger partial charge in [-0.15, -0.1) is 0 Å². The van der Waals surface area contributed by atoms with Crippen molar-refractivity contribution in [2.75, 3.05) is 0 Å². The highest BCUT2D eigenvalue weighted by Crippen LogP contribution is 2.39. The molecule has 0 spiro atoms. The van der Waals surface area contributed by atoms with Crippen LogP contribution < -0.4 is 0 Å². The maximum Gasteiger partial charge on any atom is 0.417 e. The molecule has 116 valence electrons. The van der Waals surface area contributed by atoms with Gasteiger partial charge in [0.25, 0.3) is 0 Å². The normalized spacial score (nSPS) is 11.5. The van der Waals surface area contributed by atoms with Gasteiger partial charge >= 0.3 is 12.1 Å². The number of benzene rings is 1. The van der Waals surface area contributed by atoms with Crippen molar-refractivity contribution in [3.05, 3.63) is 50.6 Å². The highest BCUT2D eigenvalue weighted by atomic mass is 35.5. The number of rotatable bonds is 2. The molecule has 1 heterocycles. The van der Waals surface area contributed by atoms with Crippen LogP contribution >= 0.6 is 34.8 Å². The standard InChI is InChI=1S/C13H5Cl3F3NO2/c14-7-3-5(4-8(15)10(7)16)11-9(12(21)22)6(1-2-20-11)13(17,18)19/h1-4H,(H,21,22). The van der Waals surface area contributed by atoms with E-state index in [9.17, 15) is 18.0 Å². The van der Waals surface area contributed by atoms with Gasteiger partial charge in [-0.25, -0.2) is 4.79 Å². The van der Waals surface area contributed by atoms with Crippen molar-refractivity contribution in [3.63, 3.8) is 0 Å². The molecule has 0 radical (unpaired) electrons. The van der Waals surface area contributed by atoms with Gasteiger partial charge in [-0.1, -0.05) is 34.8 Å². The fourth-order valence-electron chi connectivity index (χ4n) is 1.83. The third kappa shape index (κ3) is 3.14. The number of nitrogens with zero attached hydrogens (tertiary/aromatic N) is 1. The molecule has 0 amide bonds. The molecule has 2 rings (SSSR count). The van der Waals surface area contributed by atoms with Gasteiger partial charge < -0.3 is 5.11 Å². The Bertz CT molecular complexity index is 740. The van der Waals surface area contributed by atoms with Crippen LogP contribution in [0.5, 0.6) is 0 Å². The average molecular weight is 371 g/mol. The minimum atomic E-state index is -4.84. The van der Waals surface area contributed by atoms with E-state index in [1.807, 2.05) is 0 Å². The number of carboxylic acid groups (broad SMARTS) is 1. The van der Waals surface area contributed by atoms with Crippen molar-refractivity contribution in [2.24, 2.45) is 0 Å². The zero-order valence-electron chi connectivity index (χ0n) is 10.4. The summed E-state index contributed by atoms with van der Waals surface area (Å²) in [6.07, 6.45) is -3.98. The van der Waals surface area contributed by atoms with Gasteiger partial charge in [-0.2, -0.15) is 13.2 Å². The average Bonchev–Trinajstić information content (AvgIpc) is 2.42. The molecule has 1 N–H and O–H groups in total. The Hall–Kier alpha value is -1.50. The maximum absolute atomic E-state index is 13.0. The number of aromatic carboxylic acids is 1. The molecule has 0 aliphatic rings. The van der Waals surface area contributed by atoms with Crippen LogP contribution in [-0.4, -0.2) is 16.1 Å². The lowest BCUT2D eigenvalue weighted by Crippen LogP contribution is -2.15.